The van der Waals surface area contributed by atoms with Gasteiger partial charge in [-0.2, -0.15) is 0 Å². The van der Waals surface area contributed by atoms with Crippen molar-refractivity contribution >= 4 is 64.0 Å². The summed E-state index contributed by atoms with van der Waals surface area (Å²) >= 11 is 12.2. The number of nitrogens with one attached hydrogen (secondary N) is 2. The van der Waals surface area contributed by atoms with Crippen molar-refractivity contribution in [1.29, 1.82) is 0 Å². The van der Waals surface area contributed by atoms with Gasteiger partial charge in [-0.3, -0.25) is 14.4 Å². The van der Waals surface area contributed by atoms with E-state index in [1.807, 2.05) is 0 Å². The number of carbonyl (C=O) groups is 4. The summed E-state index contributed by atoms with van der Waals surface area (Å²) in [5, 5.41) is 5.80. The van der Waals surface area contributed by atoms with Crippen molar-refractivity contribution in [3.63, 3.8) is 0 Å². The molecule has 4 rings (SSSR count). The number of nitrogens with zero attached hydrogens (tertiary/aromatic N) is 1. The topological polar surface area (TPSA) is 105 Å². The molecule has 1 aliphatic rings. The molecule has 2 N–H and O–H groups in total. The van der Waals surface area contributed by atoms with Crippen LogP contribution in [0.4, 0.5) is 17.1 Å². The number of ether oxygens (including phenoxy) is 1. The summed E-state index contributed by atoms with van der Waals surface area (Å²) in [5.41, 5.74) is 2.06. The Kier molecular flexibility index (Phi) is 7.61. The van der Waals surface area contributed by atoms with E-state index in [9.17, 15) is 19.2 Å². The fourth-order valence-electron chi connectivity index (χ4n) is 3.64. The van der Waals surface area contributed by atoms with Crippen molar-refractivity contribution < 1.29 is 23.9 Å². The summed E-state index contributed by atoms with van der Waals surface area (Å²) in [6, 6.07) is 17.5. The first-order valence-corrected chi connectivity index (χ1v) is 12.0. The average molecular weight is 538 g/mol. The number of benzene rings is 3. The molecule has 3 aromatic carbocycles. The second-order valence-electron chi connectivity index (χ2n) is 7.99. The lowest BCUT2D eigenvalue weighted by Gasteiger charge is -2.16. The van der Waals surface area contributed by atoms with Crippen molar-refractivity contribution in [3.8, 4) is 0 Å². The van der Waals surface area contributed by atoms with Crippen molar-refractivity contribution in [1.82, 2.24) is 0 Å². The van der Waals surface area contributed by atoms with Crippen LogP contribution in [0.1, 0.15) is 33.2 Å². The molecular formula is C27H21Cl2N3O5. The number of imide groups is 1. The first-order valence-electron chi connectivity index (χ1n) is 11.2. The molecule has 1 heterocycles. The first kappa shape index (κ1) is 25.9. The van der Waals surface area contributed by atoms with Crippen LogP contribution in [0.2, 0.25) is 5.02 Å². The zero-order chi connectivity index (χ0) is 26.7. The molecule has 0 aromatic heterocycles. The molecule has 0 atom stereocenters. The molecule has 8 nitrogen and oxygen atoms in total. The van der Waals surface area contributed by atoms with Gasteiger partial charge in [-0.15, -0.1) is 0 Å². The Morgan fingerprint density at radius 1 is 0.919 bits per heavy atom. The van der Waals surface area contributed by atoms with Crippen molar-refractivity contribution in [2.45, 2.75) is 13.8 Å². The van der Waals surface area contributed by atoms with E-state index in [4.69, 9.17) is 27.9 Å². The van der Waals surface area contributed by atoms with Crippen LogP contribution in [-0.2, 0) is 14.3 Å². The van der Waals surface area contributed by atoms with Crippen LogP contribution in [0.15, 0.2) is 77.5 Å². The second-order valence-corrected chi connectivity index (χ2v) is 8.80. The molecule has 0 saturated heterocycles. The fourth-order valence-corrected chi connectivity index (χ4v) is 3.98. The number of anilines is 3. The van der Waals surface area contributed by atoms with Crippen LogP contribution in [-0.4, -0.2) is 30.3 Å². The van der Waals surface area contributed by atoms with Gasteiger partial charge in [-0.05, 0) is 67.9 Å². The predicted octanol–water partition coefficient (Wildman–Crippen LogP) is 5.51. The molecule has 0 spiro atoms. The molecule has 0 unspecified atom stereocenters. The lowest BCUT2D eigenvalue weighted by Crippen LogP contribution is -2.32. The Labute approximate surface area is 222 Å². The van der Waals surface area contributed by atoms with Crippen LogP contribution in [0.25, 0.3) is 0 Å². The zero-order valence-corrected chi connectivity index (χ0v) is 21.3. The lowest BCUT2D eigenvalue weighted by atomic mass is 10.1. The molecular weight excluding hydrogens is 517 g/mol. The van der Waals surface area contributed by atoms with Gasteiger partial charge in [0.1, 0.15) is 10.7 Å². The maximum atomic E-state index is 13.1. The van der Waals surface area contributed by atoms with E-state index >= 15 is 0 Å². The quantitative estimate of drug-likeness (QED) is 0.304. The van der Waals surface area contributed by atoms with Crippen LogP contribution in [0.5, 0.6) is 0 Å². The fraction of sp³-hybridized carbons (Fsp3) is 0.111. The molecule has 0 bridgehead atoms. The summed E-state index contributed by atoms with van der Waals surface area (Å²) in [5.74, 6) is -2.37. The molecule has 10 heteroatoms. The molecule has 37 heavy (non-hydrogen) atoms. The van der Waals surface area contributed by atoms with E-state index in [1.54, 1.807) is 62.4 Å². The Hall–Kier alpha value is -4.14. The van der Waals surface area contributed by atoms with Gasteiger partial charge in [0.15, 0.2) is 0 Å². The van der Waals surface area contributed by atoms with Gasteiger partial charge >= 0.3 is 5.97 Å². The van der Waals surface area contributed by atoms with Crippen LogP contribution >= 0.6 is 23.2 Å². The maximum absolute atomic E-state index is 13.1. The molecule has 0 radical (unpaired) electrons. The third-order valence-corrected chi connectivity index (χ3v) is 6.14. The molecule has 0 fully saturated rings. The van der Waals surface area contributed by atoms with E-state index in [1.165, 1.54) is 18.2 Å². The number of halogens is 2. The minimum atomic E-state index is -0.682. The molecule has 188 valence electrons. The molecule has 1 aliphatic heterocycles. The van der Waals surface area contributed by atoms with Gasteiger partial charge in [-0.25, -0.2) is 9.69 Å². The normalized spacial score (nSPS) is 13.1. The minimum Gasteiger partial charge on any atom is -0.462 e. The van der Waals surface area contributed by atoms with Crippen LogP contribution in [0.3, 0.4) is 0 Å². The van der Waals surface area contributed by atoms with Gasteiger partial charge < -0.3 is 15.4 Å². The zero-order valence-electron chi connectivity index (χ0n) is 19.8. The highest BCUT2D eigenvalue weighted by molar-refractivity contribution is 6.53. The number of para-hydroxylation sites is 1. The standard InChI is InChI=1S/C27H21Cl2N3O5/c1-3-37-27(36)19-6-4-5-7-20(19)31-24(33)16-9-8-15(2)21(14-16)30-23-22(29)25(34)32(26(23)35)18-12-10-17(28)11-13-18/h4-14,30H,3H2,1-2H3,(H,31,33). The van der Waals surface area contributed by atoms with Gasteiger partial charge in [0, 0.05) is 16.3 Å². The number of aryl methyl sites for hydroxylation is 1. The second kappa shape index (κ2) is 10.9. The summed E-state index contributed by atoms with van der Waals surface area (Å²) in [4.78, 5) is 52.0. The Bertz CT molecular complexity index is 1450. The number of carbonyl (C=O) groups excluding carboxylic acids is 4. The van der Waals surface area contributed by atoms with Gasteiger partial charge in [0.2, 0.25) is 0 Å². The number of amides is 3. The highest BCUT2D eigenvalue weighted by atomic mass is 35.5. The largest absolute Gasteiger partial charge is 0.462 e. The Morgan fingerprint density at radius 2 is 1.62 bits per heavy atom. The first-order chi connectivity index (χ1) is 17.7. The van der Waals surface area contributed by atoms with E-state index < -0.39 is 23.7 Å². The molecule has 3 aromatic rings. The smallest absolute Gasteiger partial charge is 0.340 e. The summed E-state index contributed by atoms with van der Waals surface area (Å²) < 4.78 is 5.05. The van der Waals surface area contributed by atoms with E-state index in [0.29, 0.717) is 27.6 Å². The Morgan fingerprint density at radius 3 is 2.32 bits per heavy atom. The Balaban J connectivity index is 1.57. The number of esters is 1. The van der Waals surface area contributed by atoms with Crippen molar-refractivity contribution in [3.05, 3.63) is 99.2 Å². The molecule has 3 amide bonds. The lowest BCUT2D eigenvalue weighted by molar-refractivity contribution is -0.120. The number of rotatable bonds is 7. The summed E-state index contributed by atoms with van der Waals surface area (Å²) in [7, 11) is 0. The highest BCUT2D eigenvalue weighted by Crippen LogP contribution is 2.32. The predicted molar refractivity (Wildman–Crippen MR) is 142 cm³/mol. The van der Waals surface area contributed by atoms with Crippen molar-refractivity contribution in [2.75, 3.05) is 22.1 Å². The SMILES string of the molecule is CCOC(=O)c1ccccc1NC(=O)c1ccc(C)c(NC2=C(Cl)C(=O)N(c3ccc(Cl)cc3)C2=O)c1. The molecule has 0 aliphatic carbocycles. The highest BCUT2D eigenvalue weighted by Gasteiger charge is 2.39. The van der Waals surface area contributed by atoms with Gasteiger partial charge in [-0.1, -0.05) is 41.4 Å². The van der Waals surface area contributed by atoms with Crippen molar-refractivity contribution in [2.24, 2.45) is 0 Å². The summed E-state index contributed by atoms with van der Waals surface area (Å²) in [6.45, 7) is 3.66. The third kappa shape index (κ3) is 5.35. The monoisotopic (exact) mass is 537 g/mol. The van der Waals surface area contributed by atoms with E-state index in [0.717, 1.165) is 4.90 Å². The van der Waals surface area contributed by atoms with Crippen LogP contribution in [0, 0.1) is 6.92 Å². The molecule has 0 saturated carbocycles. The number of hydrogen-bond acceptors (Lipinski definition) is 6. The van der Waals surface area contributed by atoms with Gasteiger partial charge in [0.25, 0.3) is 17.7 Å². The van der Waals surface area contributed by atoms with E-state index in [2.05, 4.69) is 10.6 Å². The third-order valence-electron chi connectivity index (χ3n) is 5.54. The minimum absolute atomic E-state index is 0.116. The number of hydrogen-bond donors (Lipinski definition) is 2. The average Bonchev–Trinajstić information content (AvgIpc) is 3.09. The van der Waals surface area contributed by atoms with E-state index in [-0.39, 0.29) is 28.5 Å². The maximum Gasteiger partial charge on any atom is 0.340 e. The van der Waals surface area contributed by atoms with Gasteiger partial charge in [0.05, 0.1) is 23.5 Å². The summed E-state index contributed by atoms with van der Waals surface area (Å²) in [6.07, 6.45) is 0. The van der Waals surface area contributed by atoms with Crippen LogP contribution < -0.4 is 15.5 Å².